The molecule has 2 aliphatic heterocycles. The van der Waals surface area contributed by atoms with Crippen LogP contribution in [0.4, 0.5) is 4.39 Å². The number of carbonyl (C=O) groups excluding carboxylic acids is 7. The molecular formula is C56H87FN4O11S. The molecule has 3 aliphatic rings. The Kier molecular flexibility index (Phi) is 24.0. The van der Waals surface area contributed by atoms with Gasteiger partial charge in [0.15, 0.2) is 5.78 Å². The number of fused-ring (bicyclic) bond motifs is 1. The van der Waals surface area contributed by atoms with Crippen LogP contribution < -0.4 is 0 Å². The van der Waals surface area contributed by atoms with Crippen LogP contribution in [0.15, 0.2) is 24.3 Å². The number of amides is 5. The molecule has 2 unspecified atom stereocenters. The average Bonchev–Trinajstić information content (AvgIpc) is 3.92. The minimum Gasteiger partial charge on any atom is -0.481 e. The van der Waals surface area contributed by atoms with Gasteiger partial charge in [0.1, 0.15) is 11.6 Å². The fourth-order valence-corrected chi connectivity index (χ4v) is 12.6. The van der Waals surface area contributed by atoms with E-state index in [4.69, 9.17) is 9.47 Å². The number of carboxylic acid groups (broad SMARTS) is 1. The van der Waals surface area contributed by atoms with Gasteiger partial charge in [-0.1, -0.05) is 92.9 Å². The van der Waals surface area contributed by atoms with Crippen molar-refractivity contribution in [3.8, 4) is 0 Å². The first-order chi connectivity index (χ1) is 34.5. The number of unbranched alkanes of at least 4 members (excludes halogenated alkanes) is 3. The number of benzene rings is 1. The van der Waals surface area contributed by atoms with E-state index >= 15 is 0 Å². The highest BCUT2D eigenvalue weighted by molar-refractivity contribution is 8.00. The first-order valence-corrected chi connectivity index (χ1v) is 28.0. The highest BCUT2D eigenvalue weighted by Gasteiger charge is 2.57. The van der Waals surface area contributed by atoms with Crippen LogP contribution in [-0.2, 0) is 54.3 Å². The number of methoxy groups -OCH3 is 2. The van der Waals surface area contributed by atoms with E-state index in [1.165, 1.54) is 42.2 Å². The van der Waals surface area contributed by atoms with E-state index in [1.54, 1.807) is 43.7 Å². The van der Waals surface area contributed by atoms with Gasteiger partial charge in [0.2, 0.25) is 29.5 Å². The summed E-state index contributed by atoms with van der Waals surface area (Å²) < 4.78 is 26.6. The van der Waals surface area contributed by atoms with E-state index in [0.717, 1.165) is 25.0 Å². The number of nitrogens with zero attached hydrogens (tertiary/aromatic N) is 4. The highest BCUT2D eigenvalue weighted by atomic mass is 32.2. The lowest BCUT2D eigenvalue weighted by Gasteiger charge is -2.41. The summed E-state index contributed by atoms with van der Waals surface area (Å²) in [6.07, 6.45) is 4.21. The Labute approximate surface area is 438 Å². The Morgan fingerprint density at radius 1 is 0.849 bits per heavy atom. The van der Waals surface area contributed by atoms with Crippen molar-refractivity contribution in [2.45, 2.75) is 187 Å². The number of ketones is 2. The molecule has 0 bridgehead atoms. The van der Waals surface area contributed by atoms with Gasteiger partial charge in [0.05, 0.1) is 47.9 Å². The molecule has 1 saturated carbocycles. The fourth-order valence-electron chi connectivity index (χ4n) is 11.3. The lowest BCUT2D eigenvalue weighted by molar-refractivity contribution is -0.150. The average molecular weight is 1040 g/mol. The van der Waals surface area contributed by atoms with Crippen LogP contribution in [0.2, 0.25) is 0 Å². The van der Waals surface area contributed by atoms with Gasteiger partial charge in [0.25, 0.3) is 0 Å². The van der Waals surface area contributed by atoms with Gasteiger partial charge < -0.3 is 29.3 Å². The lowest BCUT2D eigenvalue weighted by atomic mass is 9.83. The van der Waals surface area contributed by atoms with Crippen molar-refractivity contribution in [1.82, 2.24) is 19.6 Å². The SMILES string of the molecule is CCCCSC1CC(=O)N(CCCCCC(=O)N(C)[C@H](C(=O)C[C@H](C(=O)N(C)C([C@@H](C)CC)[C@@H](CC(=O)N2[C@H]3C[C@H]3C[C@H]2[C@H](OC)[C@@H](C)C(=O)C[C@@H](Cc2ccccc2F)C(=O)O)OC)C(C)C)C(C)C)C1=O. The fraction of sp³-hybridized carbons (Fsp3) is 0.750. The summed E-state index contributed by atoms with van der Waals surface area (Å²) in [4.78, 5) is 115. The number of likely N-dealkylation sites (tertiary alicyclic amines) is 2. The largest absolute Gasteiger partial charge is 0.481 e. The van der Waals surface area contributed by atoms with Crippen molar-refractivity contribution in [3.63, 3.8) is 0 Å². The van der Waals surface area contributed by atoms with Crippen molar-refractivity contribution in [1.29, 1.82) is 0 Å². The number of Topliss-reactive ketones (excluding diaryl/α,β-unsaturated/α-hetero) is 2. The Morgan fingerprint density at radius 3 is 2.12 bits per heavy atom. The van der Waals surface area contributed by atoms with E-state index in [1.807, 2.05) is 46.4 Å². The number of imide groups is 1. The van der Waals surface area contributed by atoms with Gasteiger partial charge in [0, 0.05) is 78.4 Å². The first kappa shape index (κ1) is 61.3. The second kappa shape index (κ2) is 28.6. The number of carboxylic acids is 1. The van der Waals surface area contributed by atoms with Gasteiger partial charge in [-0.15, -0.1) is 11.8 Å². The summed E-state index contributed by atoms with van der Waals surface area (Å²) in [7, 11) is 6.34. The van der Waals surface area contributed by atoms with E-state index < -0.39 is 59.9 Å². The maximum absolute atomic E-state index is 14.8. The highest BCUT2D eigenvalue weighted by Crippen LogP contribution is 2.50. The third kappa shape index (κ3) is 15.9. The Bertz CT molecular complexity index is 2070. The van der Waals surface area contributed by atoms with E-state index in [-0.39, 0.29) is 120 Å². The first-order valence-electron chi connectivity index (χ1n) is 26.9. The van der Waals surface area contributed by atoms with E-state index in [9.17, 15) is 47.9 Å². The minimum atomic E-state index is -1.20. The van der Waals surface area contributed by atoms with Gasteiger partial charge in [-0.05, 0) is 79.6 Å². The van der Waals surface area contributed by atoms with Crippen molar-refractivity contribution in [2.75, 3.05) is 40.6 Å². The topological polar surface area (TPSA) is 188 Å². The van der Waals surface area contributed by atoms with Crippen LogP contribution in [0.3, 0.4) is 0 Å². The molecule has 1 aromatic rings. The molecular weight excluding hydrogens is 956 g/mol. The Morgan fingerprint density at radius 2 is 1.53 bits per heavy atom. The second-order valence-corrected chi connectivity index (χ2v) is 23.1. The third-order valence-electron chi connectivity index (χ3n) is 16.0. The molecule has 3 fully saturated rings. The molecule has 5 amide bonds. The van der Waals surface area contributed by atoms with E-state index in [2.05, 4.69) is 6.92 Å². The normalized spacial score (nSPS) is 21.8. The number of carbonyl (C=O) groups is 8. The molecule has 73 heavy (non-hydrogen) atoms. The number of piperidine rings is 1. The number of halogens is 1. The molecule has 0 aromatic heterocycles. The number of thioether (sulfide) groups is 1. The van der Waals surface area contributed by atoms with Gasteiger partial charge in [-0.2, -0.15) is 0 Å². The zero-order valence-corrected chi connectivity index (χ0v) is 46.6. The third-order valence-corrected chi connectivity index (χ3v) is 17.3. The molecule has 4 rings (SSSR count). The molecule has 17 heteroatoms. The summed E-state index contributed by atoms with van der Waals surface area (Å²) in [5.41, 5.74) is 0.214. The molecule has 1 aromatic carbocycles. The number of likely N-dealkylation sites (N-methyl/N-ethyl adjacent to an activating group) is 2. The number of aliphatic carboxylic acids is 1. The van der Waals surface area contributed by atoms with Gasteiger partial charge in [-0.25, -0.2) is 4.39 Å². The predicted molar refractivity (Wildman–Crippen MR) is 280 cm³/mol. The lowest BCUT2D eigenvalue weighted by Crippen LogP contribution is -2.55. The van der Waals surface area contributed by atoms with Crippen LogP contribution in [0, 0.1) is 47.2 Å². The van der Waals surface area contributed by atoms with Crippen LogP contribution in [-0.4, -0.2) is 154 Å². The molecule has 1 N–H and O–H groups in total. The van der Waals surface area contributed by atoms with Gasteiger partial charge in [-0.3, -0.25) is 43.3 Å². The summed E-state index contributed by atoms with van der Waals surface area (Å²) in [5.74, 6) is -5.40. The quantitative estimate of drug-likeness (QED) is 0.0531. The molecule has 15 nitrogen and oxygen atoms in total. The summed E-state index contributed by atoms with van der Waals surface area (Å²) in [6.45, 7) is 15.7. The monoisotopic (exact) mass is 1040 g/mol. The number of hydrogen-bond acceptors (Lipinski definition) is 11. The molecule has 410 valence electrons. The zero-order chi connectivity index (χ0) is 54.4. The molecule has 12 atom stereocenters. The molecule has 1 aliphatic carbocycles. The van der Waals surface area contributed by atoms with Gasteiger partial charge >= 0.3 is 5.97 Å². The molecule has 2 heterocycles. The minimum absolute atomic E-state index is 0.0504. The van der Waals surface area contributed by atoms with Crippen molar-refractivity contribution in [2.24, 2.45) is 41.4 Å². The maximum atomic E-state index is 14.8. The number of rotatable bonds is 33. The van der Waals surface area contributed by atoms with Crippen LogP contribution in [0.25, 0.3) is 0 Å². The van der Waals surface area contributed by atoms with Crippen molar-refractivity contribution in [3.05, 3.63) is 35.6 Å². The van der Waals surface area contributed by atoms with Crippen LogP contribution in [0.1, 0.15) is 144 Å². The summed E-state index contributed by atoms with van der Waals surface area (Å²) in [6, 6.07) is 4.07. The number of hydrogen-bond donors (Lipinski definition) is 1. The van der Waals surface area contributed by atoms with Crippen molar-refractivity contribution < 1.29 is 57.3 Å². The van der Waals surface area contributed by atoms with E-state index in [0.29, 0.717) is 38.6 Å². The molecule has 2 saturated heterocycles. The standard InChI is InChI=1S/C56H87FN4O11S/c1-13-15-25-73-47-32-49(65)60(55(47)68)24-20-16-17-23-48(64)58(9)51(34(5)6)45(63)30-40(33(3)4)54(67)59(10)52(35(7)14-2)46(71-11)31-50(66)61-42-27-38(42)28-43(61)53(72-12)36(8)44(62)29-39(56(69)70)26-37-21-18-19-22-41(37)57/h18-19,21-22,33-36,38-40,42-43,46-47,51-53H,13-17,20,23-32H2,1-12H3,(H,69,70)/t35-,36-,38-,39+,40-,42-,43-,46+,47?,51-,52?,53+/m0/s1. The maximum Gasteiger partial charge on any atom is 0.307 e. The Hall–Kier alpha value is -4.22. The Balaban J connectivity index is 1.40. The smallest absolute Gasteiger partial charge is 0.307 e. The number of ether oxygens (including phenoxy) is 2. The summed E-state index contributed by atoms with van der Waals surface area (Å²) in [5, 5.41) is 9.72. The molecule has 0 radical (unpaired) electrons. The molecule has 0 spiro atoms. The van der Waals surface area contributed by atoms with Crippen LogP contribution in [0.5, 0.6) is 0 Å². The predicted octanol–water partition coefficient (Wildman–Crippen LogP) is 7.88. The second-order valence-electron chi connectivity index (χ2n) is 21.8. The van der Waals surface area contributed by atoms with Crippen LogP contribution >= 0.6 is 11.8 Å². The zero-order valence-electron chi connectivity index (χ0n) is 45.8. The summed E-state index contributed by atoms with van der Waals surface area (Å²) >= 11 is 1.55. The van der Waals surface area contributed by atoms with Crippen molar-refractivity contribution >= 4 is 58.8 Å².